The maximum absolute atomic E-state index is 11.7. The Balaban J connectivity index is 0.000000195. The van der Waals surface area contributed by atoms with Crippen molar-refractivity contribution in [3.05, 3.63) is 167 Å². The van der Waals surface area contributed by atoms with E-state index in [1.807, 2.05) is 62.8 Å². The van der Waals surface area contributed by atoms with E-state index < -0.39 is 0 Å². The molecule has 1 radical (unpaired) electrons. The predicted molar refractivity (Wildman–Crippen MR) is 327 cm³/mol. The van der Waals surface area contributed by atoms with Gasteiger partial charge in [0.25, 0.3) is 0 Å². The quantitative estimate of drug-likeness (QED) is 0.0752. The summed E-state index contributed by atoms with van der Waals surface area (Å²) in [5.41, 5.74) is 11.2. The zero-order valence-electron chi connectivity index (χ0n) is 47.8. The first-order chi connectivity index (χ1) is 35.5. The standard InChI is InChI=1S/C28H26NS.C28H30NS.C13H24O2.Ir/c1-17-12-18(2)14-21(13-17)25-27-24(10-11-29-25)23-9-7-20-15-19(16-28(3,4)5)6-8-22(20)26(23)30-27;1-27(2,3)18-22-11-12-26(30-22)20-13-14-29-25(17-20)21-15-19-9-7-8-10-23(19)24(16-21)28(4,5)6;1-5-10(6-2)12(14)9-13(15)11(7-3)8-4;/h6-13,15H,16H2,1-5H3;7-14,16-17H,18H2,1-6H3;9-11,14H,5-8H2,1-4H3;/q2*-1;;/b;;12-9-;. The Morgan fingerprint density at radius 2 is 1.29 bits per heavy atom. The number of allylic oxidation sites excluding steroid dienone is 2. The first kappa shape index (κ1) is 59.9. The molecule has 0 aliphatic rings. The number of carbonyl (C=O) groups excluding carboxylic acids is 1. The summed E-state index contributed by atoms with van der Waals surface area (Å²) in [6.45, 7) is 32.9. The van der Waals surface area contributed by atoms with Crippen LogP contribution >= 0.6 is 22.7 Å². The Morgan fingerprint density at radius 3 is 1.95 bits per heavy atom. The van der Waals surface area contributed by atoms with Crippen LogP contribution in [-0.4, -0.2) is 20.9 Å². The minimum atomic E-state index is 0. The van der Waals surface area contributed by atoms with Crippen LogP contribution in [0.1, 0.15) is 143 Å². The number of rotatable bonds is 12. The van der Waals surface area contributed by atoms with Crippen molar-refractivity contribution in [3.8, 4) is 33.0 Å². The van der Waals surface area contributed by atoms with Gasteiger partial charge in [-0.15, -0.1) is 86.7 Å². The molecular formula is C69H80IrN2O2S2-2. The largest absolute Gasteiger partial charge is 0.512 e. The van der Waals surface area contributed by atoms with Gasteiger partial charge in [-0.05, 0) is 106 Å². The SMILES string of the molecule is CC(C)(C)Cc1ccc(-c2ccnc(-c3[c-]c4ccccc4c(C(C)(C)C)c3)c2)s1.CCC(CC)C(=O)/C=C(\O)C(CC)CC.Cc1[c-]c(-c2nccc3c2sc2c4ccc(CC(C)(C)C)cc4ccc32)cc(C)c1.[Ir]. The second kappa shape index (κ2) is 25.4. The molecule has 0 amide bonds. The molecule has 0 aliphatic carbocycles. The van der Waals surface area contributed by atoms with E-state index in [0.29, 0.717) is 10.8 Å². The number of aromatic nitrogens is 2. The van der Waals surface area contributed by atoms with E-state index in [-0.39, 0.29) is 48.9 Å². The normalized spacial score (nSPS) is 12.2. The molecule has 0 spiro atoms. The Kier molecular flexibility index (Phi) is 20.1. The van der Waals surface area contributed by atoms with Crippen LogP contribution in [0.4, 0.5) is 0 Å². The van der Waals surface area contributed by atoms with Crippen molar-refractivity contribution in [2.75, 3.05) is 0 Å². The van der Waals surface area contributed by atoms with Crippen LogP contribution in [0.2, 0.25) is 0 Å². The summed E-state index contributed by atoms with van der Waals surface area (Å²) in [7, 11) is 0. The molecule has 0 saturated heterocycles. The van der Waals surface area contributed by atoms with E-state index in [0.717, 1.165) is 72.0 Å². The van der Waals surface area contributed by atoms with Gasteiger partial charge >= 0.3 is 0 Å². The minimum Gasteiger partial charge on any atom is -0.512 e. The minimum absolute atomic E-state index is 0. The fourth-order valence-electron chi connectivity index (χ4n) is 10.1. The molecule has 9 aromatic rings. The van der Waals surface area contributed by atoms with Gasteiger partial charge in [0, 0.05) is 86.3 Å². The van der Waals surface area contributed by atoms with Crippen molar-refractivity contribution >= 4 is 70.2 Å². The molecule has 0 fully saturated rings. The first-order valence-electron chi connectivity index (χ1n) is 27.2. The van der Waals surface area contributed by atoms with E-state index in [1.54, 1.807) is 0 Å². The van der Waals surface area contributed by atoms with Crippen molar-refractivity contribution in [2.24, 2.45) is 22.7 Å². The van der Waals surface area contributed by atoms with Crippen LogP contribution in [0.25, 0.3) is 74.7 Å². The summed E-state index contributed by atoms with van der Waals surface area (Å²) in [4.78, 5) is 23.9. The maximum Gasteiger partial charge on any atom is 0.162 e. The molecule has 0 saturated carbocycles. The van der Waals surface area contributed by atoms with Gasteiger partial charge in [0.1, 0.15) is 0 Å². The van der Waals surface area contributed by atoms with Gasteiger partial charge < -0.3 is 10.1 Å². The number of ketones is 1. The molecule has 9 rings (SSSR count). The van der Waals surface area contributed by atoms with Gasteiger partial charge in [0.05, 0.1) is 5.76 Å². The zero-order chi connectivity index (χ0) is 54.4. The molecule has 0 bridgehead atoms. The number of hydrogen-bond donors (Lipinski definition) is 1. The van der Waals surface area contributed by atoms with E-state index in [9.17, 15) is 9.90 Å². The van der Waals surface area contributed by atoms with E-state index in [1.165, 1.54) is 74.4 Å². The van der Waals surface area contributed by atoms with Crippen LogP contribution in [0.15, 0.2) is 127 Å². The molecule has 5 aromatic carbocycles. The number of pyridine rings is 2. The molecule has 76 heavy (non-hydrogen) atoms. The van der Waals surface area contributed by atoms with Gasteiger partial charge in [0.15, 0.2) is 5.78 Å². The summed E-state index contributed by atoms with van der Waals surface area (Å²) >= 11 is 3.75. The molecule has 401 valence electrons. The second-order valence-electron chi connectivity index (χ2n) is 24.0. The number of nitrogens with zero attached hydrogens (tertiary/aromatic N) is 2. The molecule has 4 heterocycles. The molecule has 7 heteroatoms. The molecule has 1 N–H and O–H groups in total. The van der Waals surface area contributed by atoms with Gasteiger partial charge in [-0.2, -0.15) is 0 Å². The van der Waals surface area contributed by atoms with Crippen molar-refractivity contribution in [2.45, 2.75) is 148 Å². The van der Waals surface area contributed by atoms with Crippen molar-refractivity contribution in [1.29, 1.82) is 0 Å². The Morgan fingerprint density at radius 1 is 0.632 bits per heavy atom. The molecular weight excluding hydrogens is 1150 g/mol. The van der Waals surface area contributed by atoms with Crippen molar-refractivity contribution in [3.63, 3.8) is 0 Å². The number of aliphatic hydroxyl groups is 1. The Hall–Kier alpha value is -5.30. The number of carbonyl (C=O) groups is 1. The van der Waals surface area contributed by atoms with Crippen LogP contribution in [0.5, 0.6) is 0 Å². The van der Waals surface area contributed by atoms with E-state index in [2.05, 4.69) is 191 Å². The summed E-state index contributed by atoms with van der Waals surface area (Å²) in [5.74, 6) is 0.547. The van der Waals surface area contributed by atoms with Gasteiger partial charge in [-0.25, -0.2) is 0 Å². The monoisotopic (exact) mass is 1230 g/mol. The average molecular weight is 1230 g/mol. The third kappa shape index (κ3) is 15.0. The third-order valence-electron chi connectivity index (χ3n) is 13.9. The van der Waals surface area contributed by atoms with Crippen LogP contribution in [-0.2, 0) is 43.2 Å². The number of thiophene rings is 2. The fraction of sp³-hybridized carbons (Fsp3) is 0.377. The van der Waals surface area contributed by atoms with Gasteiger partial charge in [-0.3, -0.25) is 9.78 Å². The predicted octanol–water partition coefficient (Wildman–Crippen LogP) is 20.5. The molecule has 0 aliphatic heterocycles. The van der Waals surface area contributed by atoms with Crippen LogP contribution in [0.3, 0.4) is 0 Å². The van der Waals surface area contributed by atoms with Crippen LogP contribution in [0, 0.1) is 48.6 Å². The number of aryl methyl sites for hydroxylation is 2. The maximum atomic E-state index is 11.7. The summed E-state index contributed by atoms with van der Waals surface area (Å²) < 4.78 is 2.60. The smallest absolute Gasteiger partial charge is 0.162 e. The van der Waals surface area contributed by atoms with E-state index in [4.69, 9.17) is 9.97 Å². The molecule has 4 aromatic heterocycles. The van der Waals surface area contributed by atoms with Crippen LogP contribution < -0.4 is 0 Å². The average Bonchev–Trinajstić information content (AvgIpc) is 3.98. The zero-order valence-corrected chi connectivity index (χ0v) is 51.9. The summed E-state index contributed by atoms with van der Waals surface area (Å²) in [6.07, 6.45) is 11.0. The Bertz CT molecular complexity index is 3440. The number of fused-ring (bicyclic) bond motifs is 6. The van der Waals surface area contributed by atoms with Crippen molar-refractivity contribution < 1.29 is 30.0 Å². The Labute approximate surface area is 476 Å². The topological polar surface area (TPSA) is 63.1 Å². The summed E-state index contributed by atoms with van der Waals surface area (Å²) in [6, 6.07) is 44.8. The second-order valence-corrected chi connectivity index (χ2v) is 26.1. The molecule has 0 atom stereocenters. The number of benzene rings is 5. The third-order valence-corrected chi connectivity index (χ3v) is 16.3. The number of aliphatic hydroxyl groups excluding tert-OH is 1. The van der Waals surface area contributed by atoms with E-state index >= 15 is 0 Å². The van der Waals surface area contributed by atoms with Crippen molar-refractivity contribution in [1.82, 2.24) is 9.97 Å². The van der Waals surface area contributed by atoms with Gasteiger partial charge in [0.2, 0.25) is 0 Å². The first-order valence-corrected chi connectivity index (χ1v) is 28.8. The molecule has 4 nitrogen and oxygen atoms in total. The van der Waals surface area contributed by atoms with Gasteiger partial charge in [-0.1, -0.05) is 169 Å². The fourth-order valence-corrected chi connectivity index (χ4v) is 12.8. The molecule has 0 unspecified atom stereocenters. The summed E-state index contributed by atoms with van der Waals surface area (Å²) in [5, 5.41) is 17.4. The number of hydrogen-bond acceptors (Lipinski definition) is 6.